The SMILES string of the molecule is CC1(C)COc2c1cc1cc(-c3ccc(NS(C)(=O)=O)cc3)c(=O)[nH]c1c2-c1ccc[nH]c1=O. The molecular formula is C25H23N3O5S. The van der Waals surface area contributed by atoms with Crippen LogP contribution in [0.2, 0.25) is 0 Å². The van der Waals surface area contributed by atoms with E-state index < -0.39 is 10.0 Å². The minimum Gasteiger partial charge on any atom is -0.492 e. The number of ether oxygens (including phenoxy) is 1. The largest absolute Gasteiger partial charge is 0.492 e. The average molecular weight is 478 g/mol. The number of sulfonamides is 1. The van der Waals surface area contributed by atoms with Crippen LogP contribution >= 0.6 is 0 Å². The van der Waals surface area contributed by atoms with Crippen molar-refractivity contribution in [3.05, 3.63) is 81.0 Å². The number of nitrogens with one attached hydrogen (secondary N) is 3. The smallest absolute Gasteiger partial charge is 0.256 e. The second kappa shape index (κ2) is 7.59. The van der Waals surface area contributed by atoms with E-state index >= 15 is 0 Å². The molecule has 8 nitrogen and oxygen atoms in total. The summed E-state index contributed by atoms with van der Waals surface area (Å²) in [6.45, 7) is 4.61. The van der Waals surface area contributed by atoms with Crippen molar-refractivity contribution in [1.29, 1.82) is 0 Å². The molecule has 3 N–H and O–H groups in total. The maximum atomic E-state index is 13.1. The number of rotatable bonds is 4. The van der Waals surface area contributed by atoms with Crippen LogP contribution in [0, 0.1) is 0 Å². The number of anilines is 1. The molecule has 0 saturated carbocycles. The Balaban J connectivity index is 1.74. The number of H-pyrrole nitrogens is 2. The second-order valence-corrected chi connectivity index (χ2v) is 10.9. The van der Waals surface area contributed by atoms with Crippen molar-refractivity contribution in [3.63, 3.8) is 0 Å². The lowest BCUT2D eigenvalue weighted by molar-refractivity contribution is 0.292. The Morgan fingerprint density at radius 1 is 1.00 bits per heavy atom. The van der Waals surface area contributed by atoms with Crippen molar-refractivity contribution in [3.8, 4) is 28.0 Å². The van der Waals surface area contributed by atoms with Gasteiger partial charge in [0.25, 0.3) is 11.1 Å². The molecule has 9 heteroatoms. The molecule has 1 aliphatic heterocycles. The first-order chi connectivity index (χ1) is 16.0. The van der Waals surface area contributed by atoms with Gasteiger partial charge in [0, 0.05) is 33.8 Å². The third kappa shape index (κ3) is 3.77. The van der Waals surface area contributed by atoms with E-state index in [1.165, 1.54) is 0 Å². The van der Waals surface area contributed by atoms with E-state index in [0.29, 0.717) is 45.8 Å². The summed E-state index contributed by atoms with van der Waals surface area (Å²) in [5.74, 6) is 0.605. The summed E-state index contributed by atoms with van der Waals surface area (Å²) in [7, 11) is -3.40. The molecule has 5 rings (SSSR count). The van der Waals surface area contributed by atoms with Crippen LogP contribution in [0.25, 0.3) is 33.2 Å². The van der Waals surface area contributed by atoms with E-state index in [4.69, 9.17) is 4.74 Å². The van der Waals surface area contributed by atoms with Crippen molar-refractivity contribution in [2.75, 3.05) is 17.6 Å². The number of aromatic amines is 2. The zero-order valence-corrected chi connectivity index (χ0v) is 19.7. The predicted octanol–water partition coefficient (Wildman–Crippen LogP) is 3.59. The Morgan fingerprint density at radius 3 is 2.41 bits per heavy atom. The van der Waals surface area contributed by atoms with Gasteiger partial charge in [0.15, 0.2) is 0 Å². The van der Waals surface area contributed by atoms with Crippen molar-refractivity contribution >= 4 is 26.6 Å². The van der Waals surface area contributed by atoms with Gasteiger partial charge in [-0.25, -0.2) is 8.42 Å². The Hall–Kier alpha value is -3.85. The molecule has 3 heterocycles. The molecule has 0 saturated heterocycles. The normalized spacial score (nSPS) is 14.6. The van der Waals surface area contributed by atoms with Gasteiger partial charge in [0.1, 0.15) is 5.75 Å². The van der Waals surface area contributed by atoms with Gasteiger partial charge < -0.3 is 14.7 Å². The molecule has 0 bridgehead atoms. The molecule has 0 atom stereocenters. The van der Waals surface area contributed by atoms with Crippen molar-refractivity contribution in [2.24, 2.45) is 0 Å². The Bertz CT molecular complexity index is 1670. The van der Waals surface area contributed by atoms with E-state index in [1.54, 1.807) is 48.7 Å². The summed E-state index contributed by atoms with van der Waals surface area (Å²) >= 11 is 0. The van der Waals surface area contributed by atoms with Crippen molar-refractivity contribution in [1.82, 2.24) is 9.97 Å². The highest BCUT2D eigenvalue weighted by Crippen LogP contribution is 2.47. The summed E-state index contributed by atoms with van der Waals surface area (Å²) in [5.41, 5.74) is 3.08. The number of pyridine rings is 2. The first kappa shape index (κ1) is 22.0. The van der Waals surface area contributed by atoms with Crippen LogP contribution in [0.5, 0.6) is 5.75 Å². The fraction of sp³-hybridized carbons (Fsp3) is 0.200. The zero-order valence-electron chi connectivity index (χ0n) is 18.9. The summed E-state index contributed by atoms with van der Waals surface area (Å²) in [6.07, 6.45) is 2.64. The van der Waals surface area contributed by atoms with Gasteiger partial charge in [-0.15, -0.1) is 0 Å². The Labute approximate surface area is 195 Å². The van der Waals surface area contributed by atoms with Gasteiger partial charge in [0.05, 0.1) is 29.5 Å². The Kier molecular flexibility index (Phi) is 4.91. The predicted molar refractivity (Wildman–Crippen MR) is 133 cm³/mol. The standard InChI is InChI=1S/C25H23N3O5S/c1-25(2)13-33-22-19(25)12-15-11-18(14-6-8-16(9-7-14)28-34(3,31)32)24(30)27-21(15)20(22)17-5-4-10-26-23(17)29/h4-12,28H,13H2,1-3H3,(H,26,29)(H,27,30). The summed E-state index contributed by atoms with van der Waals surface area (Å²) in [5, 5.41) is 0.767. The molecule has 4 aromatic rings. The van der Waals surface area contributed by atoms with Gasteiger partial charge in [-0.2, -0.15) is 0 Å². The van der Waals surface area contributed by atoms with Gasteiger partial charge >= 0.3 is 0 Å². The number of hydrogen-bond donors (Lipinski definition) is 3. The van der Waals surface area contributed by atoms with Crippen LogP contribution < -0.4 is 20.6 Å². The topological polar surface area (TPSA) is 121 Å². The van der Waals surface area contributed by atoms with Crippen LogP contribution in [0.4, 0.5) is 5.69 Å². The van der Waals surface area contributed by atoms with E-state index in [-0.39, 0.29) is 16.5 Å². The highest BCUT2D eigenvalue weighted by molar-refractivity contribution is 7.92. The minimum absolute atomic E-state index is 0.269. The molecule has 0 amide bonds. The van der Waals surface area contributed by atoms with Gasteiger partial charge in [-0.05, 0) is 42.0 Å². The van der Waals surface area contributed by atoms with Crippen LogP contribution in [0.1, 0.15) is 19.4 Å². The molecule has 0 spiro atoms. The van der Waals surface area contributed by atoms with Gasteiger partial charge in [0.2, 0.25) is 10.0 Å². The molecular weight excluding hydrogens is 454 g/mol. The van der Waals surface area contributed by atoms with Crippen molar-refractivity contribution in [2.45, 2.75) is 19.3 Å². The highest BCUT2D eigenvalue weighted by atomic mass is 32.2. The number of fused-ring (bicyclic) bond motifs is 2. The molecule has 0 aliphatic carbocycles. The van der Waals surface area contributed by atoms with E-state index in [9.17, 15) is 18.0 Å². The highest BCUT2D eigenvalue weighted by Gasteiger charge is 2.35. The summed E-state index contributed by atoms with van der Waals surface area (Å²) < 4.78 is 31.4. The van der Waals surface area contributed by atoms with E-state index in [0.717, 1.165) is 17.2 Å². The Morgan fingerprint density at radius 2 is 1.74 bits per heavy atom. The lowest BCUT2D eigenvalue weighted by Crippen LogP contribution is -2.18. The van der Waals surface area contributed by atoms with Crippen molar-refractivity contribution < 1.29 is 13.2 Å². The molecule has 2 aromatic carbocycles. The van der Waals surface area contributed by atoms with Crippen LogP contribution in [-0.4, -0.2) is 31.2 Å². The molecule has 0 radical (unpaired) electrons. The van der Waals surface area contributed by atoms with Gasteiger partial charge in [-0.3, -0.25) is 14.3 Å². The molecule has 174 valence electrons. The molecule has 0 fully saturated rings. The zero-order chi connectivity index (χ0) is 24.3. The quantitative estimate of drug-likeness (QED) is 0.415. The monoisotopic (exact) mass is 477 g/mol. The number of hydrogen-bond acceptors (Lipinski definition) is 5. The van der Waals surface area contributed by atoms with Gasteiger partial charge in [-0.1, -0.05) is 26.0 Å². The first-order valence-electron chi connectivity index (χ1n) is 10.7. The van der Waals surface area contributed by atoms with Crippen LogP contribution in [0.15, 0.2) is 64.3 Å². The average Bonchev–Trinajstić information content (AvgIpc) is 3.06. The lowest BCUT2D eigenvalue weighted by Gasteiger charge is -2.17. The van der Waals surface area contributed by atoms with E-state index in [2.05, 4.69) is 28.5 Å². The maximum Gasteiger partial charge on any atom is 0.256 e. The third-order valence-electron chi connectivity index (χ3n) is 5.99. The lowest BCUT2D eigenvalue weighted by atomic mass is 9.84. The molecule has 34 heavy (non-hydrogen) atoms. The fourth-order valence-corrected chi connectivity index (χ4v) is 4.91. The third-order valence-corrected chi connectivity index (χ3v) is 6.59. The molecule has 1 aliphatic rings. The number of benzene rings is 2. The summed E-state index contributed by atoms with van der Waals surface area (Å²) in [6, 6.07) is 13.8. The fourth-order valence-electron chi connectivity index (χ4n) is 4.34. The summed E-state index contributed by atoms with van der Waals surface area (Å²) in [4.78, 5) is 31.5. The van der Waals surface area contributed by atoms with Crippen LogP contribution in [-0.2, 0) is 15.4 Å². The molecule has 2 aromatic heterocycles. The first-order valence-corrected chi connectivity index (χ1v) is 12.6. The van der Waals surface area contributed by atoms with Crippen LogP contribution in [0.3, 0.4) is 0 Å². The molecule has 0 unspecified atom stereocenters. The minimum atomic E-state index is -3.40. The maximum absolute atomic E-state index is 13.1. The second-order valence-electron chi connectivity index (χ2n) is 9.14. The van der Waals surface area contributed by atoms with E-state index in [1.807, 2.05) is 6.07 Å². The number of aromatic nitrogens is 2.